The van der Waals surface area contributed by atoms with E-state index in [1.807, 2.05) is 12.1 Å². The van der Waals surface area contributed by atoms with Crippen LogP contribution < -0.4 is 5.32 Å². The molecule has 0 aliphatic heterocycles. The maximum Gasteiger partial charge on any atom is 0.273 e. The molecule has 1 unspecified atom stereocenters. The zero-order chi connectivity index (χ0) is 14.8. The van der Waals surface area contributed by atoms with E-state index in [4.69, 9.17) is 20.9 Å². The van der Waals surface area contributed by atoms with Crippen LogP contribution in [0.3, 0.4) is 0 Å². The second kappa shape index (κ2) is 6.17. The SMILES string of the molecule is COC(CNC(=O)c1cc(C2CC2)on1)c1ccc(Cl)s1. The second-order valence-electron chi connectivity index (χ2n) is 4.97. The van der Waals surface area contributed by atoms with Crippen LogP contribution in [0.15, 0.2) is 22.7 Å². The Bertz CT molecular complexity index is 636. The highest BCUT2D eigenvalue weighted by atomic mass is 35.5. The van der Waals surface area contributed by atoms with Crippen LogP contribution in [0.4, 0.5) is 0 Å². The minimum absolute atomic E-state index is 0.221. The van der Waals surface area contributed by atoms with E-state index in [0.29, 0.717) is 22.5 Å². The van der Waals surface area contributed by atoms with Crippen molar-refractivity contribution in [3.8, 4) is 0 Å². The molecule has 0 radical (unpaired) electrons. The smallest absolute Gasteiger partial charge is 0.273 e. The fourth-order valence-corrected chi connectivity index (χ4v) is 3.17. The molecule has 112 valence electrons. The van der Waals surface area contributed by atoms with Gasteiger partial charge in [-0.15, -0.1) is 11.3 Å². The summed E-state index contributed by atoms with van der Waals surface area (Å²) in [6, 6.07) is 5.43. The fourth-order valence-electron chi connectivity index (χ4n) is 2.03. The van der Waals surface area contributed by atoms with E-state index in [0.717, 1.165) is 23.5 Å². The second-order valence-corrected chi connectivity index (χ2v) is 6.71. The Labute approximate surface area is 131 Å². The summed E-state index contributed by atoms with van der Waals surface area (Å²) in [6.45, 7) is 0.359. The molecule has 0 saturated heterocycles. The molecule has 2 aromatic rings. The molecule has 21 heavy (non-hydrogen) atoms. The molecule has 1 aliphatic carbocycles. The van der Waals surface area contributed by atoms with Gasteiger partial charge in [0.25, 0.3) is 5.91 Å². The summed E-state index contributed by atoms with van der Waals surface area (Å²) in [4.78, 5) is 13.0. The number of thiophene rings is 1. The van der Waals surface area contributed by atoms with E-state index >= 15 is 0 Å². The number of carbonyl (C=O) groups excluding carboxylic acids is 1. The third kappa shape index (κ3) is 3.45. The molecular weight excluding hydrogens is 312 g/mol. The van der Waals surface area contributed by atoms with Crippen LogP contribution in [0, 0.1) is 0 Å². The lowest BCUT2D eigenvalue weighted by Gasteiger charge is -2.13. The summed E-state index contributed by atoms with van der Waals surface area (Å²) < 4.78 is 11.3. The third-order valence-electron chi connectivity index (χ3n) is 3.38. The van der Waals surface area contributed by atoms with Gasteiger partial charge in [0.1, 0.15) is 11.9 Å². The first-order valence-electron chi connectivity index (χ1n) is 6.70. The number of hydrogen-bond donors (Lipinski definition) is 1. The Morgan fingerprint density at radius 1 is 1.62 bits per heavy atom. The molecule has 3 rings (SSSR count). The van der Waals surface area contributed by atoms with Gasteiger partial charge in [0, 0.05) is 30.5 Å². The van der Waals surface area contributed by atoms with Gasteiger partial charge in [-0.2, -0.15) is 0 Å². The molecule has 7 heteroatoms. The van der Waals surface area contributed by atoms with Crippen molar-refractivity contribution in [3.63, 3.8) is 0 Å². The molecule has 2 heterocycles. The lowest BCUT2D eigenvalue weighted by atomic mass is 10.2. The molecule has 2 aromatic heterocycles. The first-order valence-corrected chi connectivity index (χ1v) is 7.89. The molecule has 1 amide bonds. The molecule has 1 fully saturated rings. The van der Waals surface area contributed by atoms with Crippen LogP contribution in [0.1, 0.15) is 46.0 Å². The number of methoxy groups -OCH3 is 1. The van der Waals surface area contributed by atoms with E-state index in [1.54, 1.807) is 13.2 Å². The molecule has 1 aliphatic rings. The van der Waals surface area contributed by atoms with Gasteiger partial charge in [-0.25, -0.2) is 0 Å². The highest BCUT2D eigenvalue weighted by molar-refractivity contribution is 7.16. The summed E-state index contributed by atoms with van der Waals surface area (Å²) in [6.07, 6.45) is 2.00. The normalized spacial score (nSPS) is 15.9. The summed E-state index contributed by atoms with van der Waals surface area (Å²) in [5.74, 6) is 0.989. The van der Waals surface area contributed by atoms with Crippen molar-refractivity contribution >= 4 is 28.8 Å². The Morgan fingerprint density at radius 3 is 3.05 bits per heavy atom. The number of amides is 1. The molecule has 1 saturated carbocycles. The average molecular weight is 327 g/mol. The fraction of sp³-hybridized carbons (Fsp3) is 0.429. The topological polar surface area (TPSA) is 64.4 Å². The minimum atomic E-state index is -0.254. The van der Waals surface area contributed by atoms with Crippen molar-refractivity contribution in [1.82, 2.24) is 10.5 Å². The van der Waals surface area contributed by atoms with Crippen molar-refractivity contribution in [2.24, 2.45) is 0 Å². The van der Waals surface area contributed by atoms with E-state index in [9.17, 15) is 4.79 Å². The number of nitrogens with one attached hydrogen (secondary N) is 1. The molecular formula is C14H15ClN2O3S. The molecule has 1 atom stereocenters. The van der Waals surface area contributed by atoms with Gasteiger partial charge >= 0.3 is 0 Å². The zero-order valence-electron chi connectivity index (χ0n) is 11.5. The third-order valence-corrected chi connectivity index (χ3v) is 4.71. The van der Waals surface area contributed by atoms with Gasteiger partial charge in [0.05, 0.1) is 4.34 Å². The van der Waals surface area contributed by atoms with Crippen molar-refractivity contribution in [1.29, 1.82) is 0 Å². The minimum Gasteiger partial charge on any atom is -0.374 e. The first-order chi connectivity index (χ1) is 10.2. The van der Waals surface area contributed by atoms with E-state index in [2.05, 4.69) is 10.5 Å². The van der Waals surface area contributed by atoms with Crippen LogP contribution in [0.25, 0.3) is 0 Å². The quantitative estimate of drug-likeness (QED) is 0.883. The van der Waals surface area contributed by atoms with Gasteiger partial charge in [0.2, 0.25) is 0 Å². The lowest BCUT2D eigenvalue weighted by molar-refractivity contribution is 0.0830. The van der Waals surface area contributed by atoms with Crippen molar-refractivity contribution in [2.45, 2.75) is 24.9 Å². The van der Waals surface area contributed by atoms with Gasteiger partial charge in [-0.3, -0.25) is 4.79 Å². The van der Waals surface area contributed by atoms with Crippen molar-refractivity contribution in [3.05, 3.63) is 38.9 Å². The monoisotopic (exact) mass is 326 g/mol. The molecule has 1 N–H and O–H groups in total. The summed E-state index contributed by atoms with van der Waals surface area (Å²) >= 11 is 7.35. The van der Waals surface area contributed by atoms with Crippen LogP contribution in [-0.2, 0) is 4.74 Å². The standard InChI is InChI=1S/C14H15ClN2O3S/c1-19-11(12-4-5-13(15)21-12)7-16-14(18)9-6-10(20-17-9)8-2-3-8/h4-6,8,11H,2-3,7H2,1H3,(H,16,18). The number of aromatic nitrogens is 1. The number of ether oxygens (including phenoxy) is 1. The van der Waals surface area contributed by atoms with Crippen LogP contribution in [0.5, 0.6) is 0 Å². The number of carbonyl (C=O) groups is 1. The highest BCUT2D eigenvalue weighted by Crippen LogP contribution is 2.40. The number of hydrogen-bond acceptors (Lipinski definition) is 5. The van der Waals surface area contributed by atoms with Crippen molar-refractivity contribution in [2.75, 3.05) is 13.7 Å². The van der Waals surface area contributed by atoms with Crippen LogP contribution >= 0.6 is 22.9 Å². The molecule has 0 spiro atoms. The summed E-state index contributed by atoms with van der Waals surface area (Å²) in [5, 5.41) is 6.62. The van der Waals surface area contributed by atoms with Crippen LogP contribution in [-0.4, -0.2) is 24.7 Å². The Morgan fingerprint density at radius 2 is 2.43 bits per heavy atom. The largest absolute Gasteiger partial charge is 0.374 e. The van der Waals surface area contributed by atoms with E-state index < -0.39 is 0 Å². The maximum atomic E-state index is 12.0. The molecule has 0 aromatic carbocycles. The number of halogens is 1. The first kappa shape index (κ1) is 14.6. The van der Waals surface area contributed by atoms with Crippen molar-refractivity contribution < 1.29 is 14.1 Å². The zero-order valence-corrected chi connectivity index (χ0v) is 13.0. The van der Waals surface area contributed by atoms with Gasteiger partial charge in [-0.1, -0.05) is 16.8 Å². The predicted molar refractivity (Wildman–Crippen MR) is 79.9 cm³/mol. The molecule has 5 nitrogen and oxygen atoms in total. The lowest BCUT2D eigenvalue weighted by Crippen LogP contribution is -2.29. The summed E-state index contributed by atoms with van der Waals surface area (Å²) in [7, 11) is 1.60. The number of rotatable bonds is 6. The Kier molecular flexibility index (Phi) is 4.28. The van der Waals surface area contributed by atoms with Crippen LogP contribution in [0.2, 0.25) is 4.34 Å². The van der Waals surface area contributed by atoms with Gasteiger partial charge in [0.15, 0.2) is 5.69 Å². The summed E-state index contributed by atoms with van der Waals surface area (Å²) in [5.41, 5.74) is 0.316. The molecule has 0 bridgehead atoms. The number of nitrogens with zero attached hydrogens (tertiary/aromatic N) is 1. The Balaban J connectivity index is 1.58. The Hall–Kier alpha value is -1.37. The van der Waals surface area contributed by atoms with E-state index in [-0.39, 0.29) is 12.0 Å². The van der Waals surface area contributed by atoms with Gasteiger partial charge in [-0.05, 0) is 25.0 Å². The highest BCUT2D eigenvalue weighted by Gasteiger charge is 2.29. The average Bonchev–Trinajstić information content (AvgIpc) is 3.05. The maximum absolute atomic E-state index is 12.0. The predicted octanol–water partition coefficient (Wildman–Crippen LogP) is 3.38. The van der Waals surface area contributed by atoms with E-state index in [1.165, 1.54) is 11.3 Å². The van der Waals surface area contributed by atoms with Gasteiger partial charge < -0.3 is 14.6 Å².